The second-order valence-corrected chi connectivity index (χ2v) is 3.72. The van der Waals surface area contributed by atoms with Crippen molar-refractivity contribution in [3.05, 3.63) is 10.6 Å². The molecule has 0 amide bonds. The van der Waals surface area contributed by atoms with E-state index >= 15 is 0 Å². The van der Waals surface area contributed by atoms with Crippen molar-refractivity contribution in [3.63, 3.8) is 0 Å². The van der Waals surface area contributed by atoms with Gasteiger partial charge in [-0.05, 0) is 31.9 Å². The fraction of sp³-hybridized carbons (Fsp3) is 0.778. The lowest BCUT2D eigenvalue weighted by molar-refractivity contribution is 0.126. The zero-order valence-electron chi connectivity index (χ0n) is 8.91. The van der Waals surface area contributed by atoms with Gasteiger partial charge in [-0.15, -0.1) is 5.10 Å². The van der Waals surface area contributed by atoms with Crippen molar-refractivity contribution >= 4 is 11.5 Å². The molecule has 1 rings (SSSR count). The first-order valence-electron chi connectivity index (χ1n) is 4.89. The van der Waals surface area contributed by atoms with E-state index in [2.05, 4.69) is 21.8 Å². The Labute approximate surface area is 88.8 Å². The van der Waals surface area contributed by atoms with Crippen LogP contribution in [0.15, 0.2) is 0 Å². The largest absolute Gasteiger partial charge is 0.380 e. The molecule has 0 fully saturated rings. The second-order valence-electron chi connectivity index (χ2n) is 2.94. The Morgan fingerprint density at radius 2 is 2.29 bits per heavy atom. The Bertz CT molecular complexity index is 264. The molecule has 5 heteroatoms. The SMILES string of the molecule is CCOCC(NC)c1snnc1CC. The lowest BCUT2D eigenvalue weighted by Crippen LogP contribution is -2.22. The Hall–Kier alpha value is -0.520. The highest BCUT2D eigenvalue weighted by Crippen LogP contribution is 2.20. The molecular formula is C9H17N3OS. The van der Waals surface area contributed by atoms with E-state index in [9.17, 15) is 0 Å². The monoisotopic (exact) mass is 215 g/mol. The van der Waals surface area contributed by atoms with Gasteiger partial charge >= 0.3 is 0 Å². The highest BCUT2D eigenvalue weighted by atomic mass is 32.1. The van der Waals surface area contributed by atoms with Crippen LogP contribution in [0.25, 0.3) is 0 Å². The van der Waals surface area contributed by atoms with E-state index in [1.54, 1.807) is 0 Å². The summed E-state index contributed by atoms with van der Waals surface area (Å²) in [4.78, 5) is 1.20. The number of aryl methyl sites for hydroxylation is 1. The maximum Gasteiger partial charge on any atom is 0.0801 e. The van der Waals surface area contributed by atoms with Crippen LogP contribution in [-0.2, 0) is 11.2 Å². The van der Waals surface area contributed by atoms with Gasteiger partial charge in [0.05, 0.1) is 23.2 Å². The molecule has 0 radical (unpaired) electrons. The fourth-order valence-corrected chi connectivity index (χ4v) is 2.08. The first-order valence-corrected chi connectivity index (χ1v) is 5.66. The van der Waals surface area contributed by atoms with Gasteiger partial charge in [-0.25, -0.2) is 0 Å². The molecule has 0 bridgehead atoms. The number of hydrogen-bond donors (Lipinski definition) is 1. The minimum absolute atomic E-state index is 0.227. The average molecular weight is 215 g/mol. The maximum absolute atomic E-state index is 5.40. The molecular weight excluding hydrogens is 198 g/mol. The lowest BCUT2D eigenvalue weighted by Gasteiger charge is -2.14. The van der Waals surface area contributed by atoms with Crippen LogP contribution in [0.3, 0.4) is 0 Å². The van der Waals surface area contributed by atoms with Crippen LogP contribution < -0.4 is 5.32 Å². The summed E-state index contributed by atoms with van der Waals surface area (Å²) in [6, 6.07) is 0.227. The molecule has 0 aliphatic rings. The number of ether oxygens (including phenoxy) is 1. The first kappa shape index (κ1) is 11.6. The molecule has 1 aromatic heterocycles. The van der Waals surface area contributed by atoms with Crippen LogP contribution in [0, 0.1) is 0 Å². The quantitative estimate of drug-likeness (QED) is 0.779. The van der Waals surface area contributed by atoms with E-state index in [0.29, 0.717) is 6.61 Å². The highest BCUT2D eigenvalue weighted by molar-refractivity contribution is 7.05. The van der Waals surface area contributed by atoms with Crippen molar-refractivity contribution in [1.82, 2.24) is 14.9 Å². The van der Waals surface area contributed by atoms with E-state index < -0.39 is 0 Å². The van der Waals surface area contributed by atoms with Gasteiger partial charge in [0, 0.05) is 6.61 Å². The van der Waals surface area contributed by atoms with Crippen LogP contribution in [-0.4, -0.2) is 29.8 Å². The predicted molar refractivity (Wildman–Crippen MR) is 57.6 cm³/mol. The molecule has 0 aliphatic heterocycles. The summed E-state index contributed by atoms with van der Waals surface area (Å²) < 4.78 is 9.36. The average Bonchev–Trinajstić information content (AvgIpc) is 2.67. The Morgan fingerprint density at radius 3 is 2.86 bits per heavy atom. The molecule has 1 aromatic rings. The van der Waals surface area contributed by atoms with E-state index in [1.165, 1.54) is 16.4 Å². The van der Waals surface area contributed by atoms with Crippen LogP contribution >= 0.6 is 11.5 Å². The fourth-order valence-electron chi connectivity index (χ4n) is 1.25. The third-order valence-electron chi connectivity index (χ3n) is 2.07. The number of nitrogens with one attached hydrogen (secondary N) is 1. The van der Waals surface area contributed by atoms with Crippen molar-refractivity contribution in [1.29, 1.82) is 0 Å². The van der Waals surface area contributed by atoms with Gasteiger partial charge in [0.2, 0.25) is 0 Å². The van der Waals surface area contributed by atoms with Crippen LogP contribution in [0.1, 0.15) is 30.5 Å². The smallest absolute Gasteiger partial charge is 0.0801 e. The molecule has 0 aromatic carbocycles. The van der Waals surface area contributed by atoms with Crippen LogP contribution in [0.5, 0.6) is 0 Å². The number of aromatic nitrogens is 2. The number of nitrogens with zero attached hydrogens (tertiary/aromatic N) is 2. The number of hydrogen-bond acceptors (Lipinski definition) is 5. The van der Waals surface area contributed by atoms with Gasteiger partial charge in [-0.1, -0.05) is 11.4 Å². The maximum atomic E-state index is 5.40. The van der Waals surface area contributed by atoms with Gasteiger partial charge in [0.15, 0.2) is 0 Å². The minimum Gasteiger partial charge on any atom is -0.380 e. The van der Waals surface area contributed by atoms with Crippen molar-refractivity contribution in [2.75, 3.05) is 20.3 Å². The van der Waals surface area contributed by atoms with Gasteiger partial charge in [-0.3, -0.25) is 0 Å². The van der Waals surface area contributed by atoms with Crippen LogP contribution in [0.4, 0.5) is 0 Å². The summed E-state index contributed by atoms with van der Waals surface area (Å²) in [6.45, 7) is 5.52. The van der Waals surface area contributed by atoms with Gasteiger partial charge in [-0.2, -0.15) is 0 Å². The Morgan fingerprint density at radius 1 is 1.50 bits per heavy atom. The normalized spacial score (nSPS) is 13.1. The minimum atomic E-state index is 0.227. The van der Waals surface area contributed by atoms with Crippen molar-refractivity contribution < 1.29 is 4.74 Å². The molecule has 0 spiro atoms. The molecule has 1 N–H and O–H groups in total. The molecule has 14 heavy (non-hydrogen) atoms. The summed E-state index contributed by atoms with van der Waals surface area (Å²) in [6.07, 6.45) is 0.927. The highest BCUT2D eigenvalue weighted by Gasteiger charge is 2.16. The van der Waals surface area contributed by atoms with Crippen molar-refractivity contribution in [2.45, 2.75) is 26.3 Å². The van der Waals surface area contributed by atoms with E-state index in [-0.39, 0.29) is 6.04 Å². The van der Waals surface area contributed by atoms with E-state index in [0.717, 1.165) is 18.7 Å². The number of likely N-dealkylation sites (N-methyl/N-ethyl adjacent to an activating group) is 1. The molecule has 0 saturated heterocycles. The summed E-state index contributed by atoms with van der Waals surface area (Å²) in [5.74, 6) is 0. The predicted octanol–water partition coefficient (Wildman–Crippen LogP) is 1.40. The molecule has 1 atom stereocenters. The van der Waals surface area contributed by atoms with Crippen molar-refractivity contribution in [2.24, 2.45) is 0 Å². The van der Waals surface area contributed by atoms with Crippen LogP contribution in [0.2, 0.25) is 0 Å². The molecule has 80 valence electrons. The van der Waals surface area contributed by atoms with Gasteiger partial charge < -0.3 is 10.1 Å². The van der Waals surface area contributed by atoms with Crippen molar-refractivity contribution in [3.8, 4) is 0 Å². The topological polar surface area (TPSA) is 47.0 Å². The summed E-state index contributed by atoms with van der Waals surface area (Å²) in [5.41, 5.74) is 1.08. The molecule has 0 aliphatic carbocycles. The summed E-state index contributed by atoms with van der Waals surface area (Å²) >= 11 is 1.45. The lowest BCUT2D eigenvalue weighted by atomic mass is 10.2. The second kappa shape index (κ2) is 6.06. The first-order chi connectivity index (χ1) is 6.83. The van der Waals surface area contributed by atoms with E-state index in [4.69, 9.17) is 4.74 Å². The standard InChI is InChI=1S/C9H17N3OS/c1-4-7-9(14-12-11-7)8(10-3)6-13-5-2/h8,10H,4-6H2,1-3H3. The third kappa shape index (κ3) is 2.73. The number of rotatable bonds is 6. The zero-order valence-corrected chi connectivity index (χ0v) is 9.73. The van der Waals surface area contributed by atoms with Gasteiger partial charge in [0.1, 0.15) is 0 Å². The van der Waals surface area contributed by atoms with Gasteiger partial charge in [0.25, 0.3) is 0 Å². The molecule has 4 nitrogen and oxygen atoms in total. The molecule has 1 heterocycles. The Kier molecular flexibility index (Phi) is 5.00. The molecule has 0 saturated carbocycles. The zero-order chi connectivity index (χ0) is 10.4. The Balaban J connectivity index is 2.67. The summed E-state index contributed by atoms with van der Waals surface area (Å²) in [7, 11) is 1.93. The van der Waals surface area contributed by atoms with E-state index in [1.807, 2.05) is 14.0 Å². The summed E-state index contributed by atoms with van der Waals surface area (Å²) in [5, 5.41) is 7.30. The third-order valence-corrected chi connectivity index (χ3v) is 2.95. The molecule has 1 unspecified atom stereocenters.